The van der Waals surface area contributed by atoms with Gasteiger partial charge in [-0.05, 0) is 26.3 Å². The smallest absolute Gasteiger partial charge is 0.227 e. The first kappa shape index (κ1) is 40.9. The second-order valence-corrected chi connectivity index (χ2v) is 7.85. The monoisotopic (exact) mass is 516 g/mol. The van der Waals surface area contributed by atoms with E-state index < -0.39 is 0 Å². The van der Waals surface area contributed by atoms with E-state index in [-0.39, 0.29) is 29.8 Å². The maximum atomic E-state index is 11.1. The molecule has 0 unspecified atom stereocenters. The third-order valence-corrected chi connectivity index (χ3v) is 3.33. The van der Waals surface area contributed by atoms with Gasteiger partial charge in [0.25, 0.3) is 0 Å². The topological polar surface area (TPSA) is 92.3 Å². The van der Waals surface area contributed by atoms with Crippen LogP contribution in [0, 0.1) is 0 Å². The van der Waals surface area contributed by atoms with Gasteiger partial charge in [-0.25, -0.2) is 0 Å². The lowest BCUT2D eigenvalue weighted by molar-refractivity contribution is -0.127. The van der Waals surface area contributed by atoms with Crippen LogP contribution in [0.1, 0.15) is 93.6 Å². The van der Waals surface area contributed by atoms with Gasteiger partial charge in [-0.2, -0.15) is 0 Å². The van der Waals surface area contributed by atoms with Gasteiger partial charge in [0.05, 0.1) is 6.42 Å². The van der Waals surface area contributed by atoms with Crippen LogP contribution in [0.25, 0.3) is 0 Å². The van der Waals surface area contributed by atoms with E-state index in [4.69, 9.17) is 0 Å². The molecule has 2 rings (SSSR count). The molecule has 0 aliphatic heterocycles. The maximum absolute atomic E-state index is 11.1. The van der Waals surface area contributed by atoms with Crippen LogP contribution in [0.2, 0.25) is 0 Å². The summed E-state index contributed by atoms with van der Waals surface area (Å²) in [5.74, 6) is -0.0422. The van der Waals surface area contributed by atoms with Gasteiger partial charge in [0.15, 0.2) is 0 Å². The van der Waals surface area contributed by atoms with Crippen molar-refractivity contribution in [1.29, 1.82) is 0 Å². The summed E-state index contributed by atoms with van der Waals surface area (Å²) in [6.45, 7) is 17.9. The van der Waals surface area contributed by atoms with Crippen molar-refractivity contribution in [3.8, 4) is 0 Å². The Hall–Kier alpha value is -3.28. The predicted octanol–water partition coefficient (Wildman–Crippen LogP) is 6.93. The quantitative estimate of drug-likeness (QED) is 0.407. The zero-order valence-electron chi connectivity index (χ0n) is 24.7. The van der Waals surface area contributed by atoms with Crippen LogP contribution in [-0.2, 0) is 25.7 Å². The molecule has 0 aliphatic carbocycles. The molecule has 6 nitrogen and oxygen atoms in total. The van der Waals surface area contributed by atoms with Crippen molar-refractivity contribution in [1.82, 2.24) is 10.6 Å². The van der Waals surface area contributed by atoms with Crippen LogP contribution < -0.4 is 10.6 Å². The van der Waals surface area contributed by atoms with E-state index in [0.717, 1.165) is 12.1 Å². The van der Waals surface area contributed by atoms with Crippen molar-refractivity contribution in [3.63, 3.8) is 0 Å². The van der Waals surface area contributed by atoms with Crippen molar-refractivity contribution in [2.24, 2.45) is 0 Å². The van der Waals surface area contributed by atoms with Crippen LogP contribution in [0.15, 0.2) is 66.7 Å². The van der Waals surface area contributed by atoms with Gasteiger partial charge in [-0.15, -0.1) is 0 Å². The van der Waals surface area contributed by atoms with E-state index in [9.17, 15) is 19.2 Å². The summed E-state index contributed by atoms with van der Waals surface area (Å²) in [7, 11) is 0. The summed E-state index contributed by atoms with van der Waals surface area (Å²) in [6, 6.07) is 21.6. The Morgan fingerprint density at radius 2 is 0.946 bits per heavy atom. The molecule has 210 valence electrons. The zero-order chi connectivity index (χ0) is 29.3. The zero-order valence-corrected chi connectivity index (χ0v) is 24.7. The average molecular weight is 517 g/mol. The van der Waals surface area contributed by atoms with E-state index in [1.807, 2.05) is 80.6 Å². The van der Waals surface area contributed by atoms with Crippen LogP contribution in [0.5, 0.6) is 0 Å². The van der Waals surface area contributed by atoms with Gasteiger partial charge < -0.3 is 15.4 Å². The van der Waals surface area contributed by atoms with E-state index in [1.165, 1.54) is 26.7 Å². The summed E-state index contributed by atoms with van der Waals surface area (Å²) in [5, 5.41) is 5.24. The Labute approximate surface area is 226 Å². The number of ketones is 2. The normalized spacial score (nSPS) is 8.14. The third kappa shape index (κ3) is 50.5. The standard InChI is InChI=1S/C11H13NO2.C6H6.C4H9NO.C4H8O.2C3H8/c1-9(13)7-11(14)12-8-10-5-3-2-4-6-10;1-2-4-6-5-3-1;1-3-5-4(2)6;1-3-4(2)5;2*1-3-2/h2-6H,7-8H2,1H3,(H,12,14);1-6H;3H2,1-2H3,(H,5,6);3H2,1-2H3;2*3H2,1-2H3. The number of rotatable bonds is 6. The molecule has 0 heterocycles. The van der Waals surface area contributed by atoms with Crippen LogP contribution in [0.4, 0.5) is 0 Å². The number of Topliss-reactive ketones (excluding diaryl/α,β-unsaturated/α-hetero) is 2. The average Bonchev–Trinajstić information content (AvgIpc) is 2.86. The molecule has 0 saturated heterocycles. The highest BCUT2D eigenvalue weighted by Gasteiger charge is 2.03. The summed E-state index contributed by atoms with van der Waals surface area (Å²) >= 11 is 0. The lowest BCUT2D eigenvalue weighted by atomic mass is 10.2. The third-order valence-electron chi connectivity index (χ3n) is 3.33. The Balaban J connectivity index is -0.000000199. The van der Waals surface area contributed by atoms with Crippen molar-refractivity contribution < 1.29 is 19.2 Å². The fourth-order valence-electron chi connectivity index (χ4n) is 1.72. The molecule has 0 atom stereocenters. The van der Waals surface area contributed by atoms with Crippen molar-refractivity contribution in [3.05, 3.63) is 72.3 Å². The molecule has 2 aromatic rings. The van der Waals surface area contributed by atoms with Gasteiger partial charge in [0.2, 0.25) is 11.8 Å². The Morgan fingerprint density at radius 3 is 1.19 bits per heavy atom. The number of carbonyl (C=O) groups is 4. The molecule has 0 aromatic heterocycles. The van der Waals surface area contributed by atoms with E-state index >= 15 is 0 Å². The minimum atomic E-state index is -0.221. The number of benzene rings is 2. The summed E-state index contributed by atoms with van der Waals surface area (Å²) in [6.07, 6.45) is 3.13. The minimum Gasteiger partial charge on any atom is -0.357 e. The molecule has 0 saturated carbocycles. The van der Waals surface area contributed by atoms with Crippen LogP contribution in [0.3, 0.4) is 0 Å². The molecule has 2 amide bonds. The van der Waals surface area contributed by atoms with Gasteiger partial charge in [0, 0.05) is 26.4 Å². The highest BCUT2D eigenvalue weighted by molar-refractivity contribution is 5.96. The number of hydrogen-bond acceptors (Lipinski definition) is 4. The Bertz CT molecular complexity index is 735. The van der Waals surface area contributed by atoms with E-state index in [0.29, 0.717) is 13.0 Å². The minimum absolute atomic E-state index is 0.0349. The Morgan fingerprint density at radius 1 is 0.595 bits per heavy atom. The first-order chi connectivity index (χ1) is 17.6. The molecular weight excluding hydrogens is 464 g/mol. The fraction of sp³-hybridized carbons (Fsp3) is 0.484. The lowest BCUT2D eigenvalue weighted by Crippen LogP contribution is -2.24. The molecule has 2 N–H and O–H groups in total. The second-order valence-electron chi connectivity index (χ2n) is 7.85. The molecule has 6 heteroatoms. The van der Waals surface area contributed by atoms with Crippen LogP contribution >= 0.6 is 0 Å². The number of amides is 2. The maximum Gasteiger partial charge on any atom is 0.227 e. The van der Waals surface area contributed by atoms with Crippen molar-refractivity contribution in [2.45, 2.75) is 94.5 Å². The van der Waals surface area contributed by atoms with Crippen molar-refractivity contribution >= 4 is 23.4 Å². The molecule has 0 bridgehead atoms. The van der Waals surface area contributed by atoms with E-state index in [2.05, 4.69) is 38.3 Å². The molecule has 0 fully saturated rings. The molecule has 0 aliphatic rings. The summed E-state index contributed by atoms with van der Waals surface area (Å²) in [5.41, 5.74) is 1.03. The molecule has 2 aromatic carbocycles. The molecule has 37 heavy (non-hydrogen) atoms. The summed E-state index contributed by atoms with van der Waals surface area (Å²) in [4.78, 5) is 41.4. The number of carbonyl (C=O) groups excluding carboxylic acids is 4. The fourth-order valence-corrected chi connectivity index (χ4v) is 1.72. The number of nitrogens with one attached hydrogen (secondary N) is 2. The Kier molecular flexibility index (Phi) is 38.5. The summed E-state index contributed by atoms with van der Waals surface area (Å²) < 4.78 is 0. The first-order valence-electron chi connectivity index (χ1n) is 13.1. The van der Waals surface area contributed by atoms with Crippen LogP contribution in [-0.4, -0.2) is 29.9 Å². The van der Waals surface area contributed by atoms with Crippen molar-refractivity contribution in [2.75, 3.05) is 6.54 Å². The van der Waals surface area contributed by atoms with Gasteiger partial charge in [-0.3, -0.25) is 14.4 Å². The highest BCUT2D eigenvalue weighted by Crippen LogP contribution is 1.97. The molecule has 0 radical (unpaired) electrons. The predicted molar refractivity (Wildman–Crippen MR) is 157 cm³/mol. The van der Waals surface area contributed by atoms with Gasteiger partial charge in [0.1, 0.15) is 11.6 Å². The molecular formula is C31H52N2O4. The van der Waals surface area contributed by atoms with Gasteiger partial charge >= 0.3 is 0 Å². The van der Waals surface area contributed by atoms with E-state index in [1.54, 1.807) is 6.92 Å². The first-order valence-corrected chi connectivity index (χ1v) is 13.1. The molecule has 0 spiro atoms. The number of hydrogen-bond donors (Lipinski definition) is 2. The second kappa shape index (κ2) is 34.9. The van der Waals surface area contributed by atoms with Gasteiger partial charge in [-0.1, -0.05) is 114 Å². The highest BCUT2D eigenvalue weighted by atomic mass is 16.2. The largest absolute Gasteiger partial charge is 0.357 e. The lowest BCUT2D eigenvalue weighted by Gasteiger charge is -2.03. The SMILES string of the molecule is CC(=O)CC(=O)NCc1ccccc1.CCC.CCC.CCC(C)=O.CCNC(C)=O.c1ccccc1.